The van der Waals surface area contributed by atoms with E-state index >= 15 is 0 Å². The molecule has 0 aromatic carbocycles. The van der Waals surface area contributed by atoms with Crippen LogP contribution >= 0.6 is 11.3 Å². The summed E-state index contributed by atoms with van der Waals surface area (Å²) in [5.41, 5.74) is 1.03. The molecule has 3 heterocycles. The van der Waals surface area contributed by atoms with Crippen molar-refractivity contribution in [1.82, 2.24) is 9.97 Å². The zero-order chi connectivity index (χ0) is 16.4. The summed E-state index contributed by atoms with van der Waals surface area (Å²) in [6.07, 6.45) is 4.21. The first-order valence-electron chi connectivity index (χ1n) is 7.40. The van der Waals surface area contributed by atoms with E-state index in [0.29, 0.717) is 18.2 Å². The SMILES string of the molecule is CS(=O)(=O)CC1CCCN(c2ncc(F)c(-c3ccsc3)n2)C1. The van der Waals surface area contributed by atoms with Crippen molar-refractivity contribution in [2.45, 2.75) is 12.8 Å². The van der Waals surface area contributed by atoms with E-state index in [0.717, 1.165) is 24.9 Å². The van der Waals surface area contributed by atoms with Gasteiger partial charge in [0.15, 0.2) is 5.82 Å². The second-order valence-electron chi connectivity index (χ2n) is 5.93. The minimum atomic E-state index is -3.01. The molecule has 2 aromatic heterocycles. The van der Waals surface area contributed by atoms with E-state index in [1.54, 1.807) is 0 Å². The predicted molar refractivity (Wildman–Crippen MR) is 90.0 cm³/mol. The van der Waals surface area contributed by atoms with Gasteiger partial charge in [-0.1, -0.05) is 0 Å². The molecule has 3 rings (SSSR count). The average molecular weight is 355 g/mol. The van der Waals surface area contributed by atoms with Crippen LogP contribution in [-0.4, -0.2) is 43.5 Å². The average Bonchev–Trinajstić information content (AvgIpc) is 3.00. The molecule has 0 N–H and O–H groups in total. The topological polar surface area (TPSA) is 63.2 Å². The Kier molecular flexibility index (Phi) is 4.63. The van der Waals surface area contributed by atoms with Crippen molar-refractivity contribution >= 4 is 27.1 Å². The van der Waals surface area contributed by atoms with Crippen LogP contribution in [0.5, 0.6) is 0 Å². The highest BCUT2D eigenvalue weighted by Gasteiger charge is 2.25. The van der Waals surface area contributed by atoms with Crippen LogP contribution in [-0.2, 0) is 9.84 Å². The summed E-state index contributed by atoms with van der Waals surface area (Å²) in [5, 5.41) is 3.72. The van der Waals surface area contributed by atoms with E-state index in [1.807, 2.05) is 21.7 Å². The standard InChI is InChI=1S/C15H18FN3O2S2/c1-23(20,21)10-11-3-2-5-19(8-11)15-17-7-13(16)14(18-15)12-4-6-22-9-12/h4,6-7,9,11H,2-3,5,8,10H2,1H3. The smallest absolute Gasteiger partial charge is 0.226 e. The molecule has 1 unspecified atom stereocenters. The number of halogens is 1. The number of hydrogen-bond acceptors (Lipinski definition) is 6. The molecule has 2 aromatic rings. The Morgan fingerprint density at radius 3 is 3.00 bits per heavy atom. The summed E-state index contributed by atoms with van der Waals surface area (Å²) in [7, 11) is -3.01. The molecule has 0 radical (unpaired) electrons. The lowest BCUT2D eigenvalue weighted by Gasteiger charge is -2.32. The summed E-state index contributed by atoms with van der Waals surface area (Å²) in [6, 6.07) is 1.82. The molecule has 0 amide bonds. The van der Waals surface area contributed by atoms with Crippen LogP contribution in [0.2, 0.25) is 0 Å². The molecule has 0 bridgehead atoms. The monoisotopic (exact) mass is 355 g/mol. The third-order valence-corrected chi connectivity index (χ3v) is 5.63. The molecule has 1 aliphatic rings. The van der Waals surface area contributed by atoms with Crippen molar-refractivity contribution in [3.8, 4) is 11.3 Å². The molecule has 0 spiro atoms. The first-order chi connectivity index (χ1) is 10.9. The van der Waals surface area contributed by atoms with Crippen molar-refractivity contribution in [2.75, 3.05) is 30.0 Å². The molecule has 8 heteroatoms. The van der Waals surface area contributed by atoms with Gasteiger partial charge in [-0.3, -0.25) is 0 Å². The third-order valence-electron chi connectivity index (χ3n) is 3.87. The summed E-state index contributed by atoms with van der Waals surface area (Å²) >= 11 is 1.48. The third kappa shape index (κ3) is 4.06. The number of piperidine rings is 1. The Labute approximate surface area is 139 Å². The van der Waals surface area contributed by atoms with Crippen molar-refractivity contribution in [1.29, 1.82) is 0 Å². The Morgan fingerprint density at radius 2 is 2.30 bits per heavy atom. The second-order valence-corrected chi connectivity index (χ2v) is 8.89. The van der Waals surface area contributed by atoms with Gasteiger partial charge in [-0.05, 0) is 30.2 Å². The minimum Gasteiger partial charge on any atom is -0.340 e. The lowest BCUT2D eigenvalue weighted by atomic mass is 10.0. The first kappa shape index (κ1) is 16.3. The van der Waals surface area contributed by atoms with Crippen LogP contribution in [0, 0.1) is 11.7 Å². The summed E-state index contributed by atoms with van der Waals surface area (Å²) in [6.45, 7) is 1.34. The molecule has 1 atom stereocenters. The zero-order valence-electron chi connectivity index (χ0n) is 12.8. The zero-order valence-corrected chi connectivity index (χ0v) is 14.4. The first-order valence-corrected chi connectivity index (χ1v) is 10.4. The van der Waals surface area contributed by atoms with Crippen molar-refractivity contribution in [3.05, 3.63) is 28.8 Å². The number of nitrogens with zero attached hydrogens (tertiary/aromatic N) is 3. The lowest BCUT2D eigenvalue weighted by molar-refractivity contribution is 0.439. The van der Waals surface area contributed by atoms with E-state index in [2.05, 4.69) is 9.97 Å². The number of hydrogen-bond donors (Lipinski definition) is 0. The van der Waals surface area contributed by atoms with E-state index in [4.69, 9.17) is 0 Å². The van der Waals surface area contributed by atoms with Crippen LogP contribution in [0.3, 0.4) is 0 Å². The normalized spacial score (nSPS) is 19.0. The lowest BCUT2D eigenvalue weighted by Crippen LogP contribution is -2.39. The van der Waals surface area contributed by atoms with Crippen molar-refractivity contribution in [3.63, 3.8) is 0 Å². The van der Waals surface area contributed by atoms with Gasteiger partial charge in [-0.2, -0.15) is 11.3 Å². The van der Waals surface area contributed by atoms with Crippen LogP contribution in [0.4, 0.5) is 10.3 Å². The van der Waals surface area contributed by atoms with Crippen LogP contribution in [0.15, 0.2) is 23.0 Å². The maximum absolute atomic E-state index is 14.0. The Hall–Kier alpha value is -1.54. The van der Waals surface area contributed by atoms with Gasteiger partial charge < -0.3 is 4.90 Å². The van der Waals surface area contributed by atoms with Gasteiger partial charge in [0.2, 0.25) is 5.95 Å². The molecular weight excluding hydrogens is 337 g/mol. The van der Waals surface area contributed by atoms with Gasteiger partial charge >= 0.3 is 0 Å². The van der Waals surface area contributed by atoms with E-state index in [9.17, 15) is 12.8 Å². The molecule has 23 heavy (non-hydrogen) atoms. The fourth-order valence-electron chi connectivity index (χ4n) is 2.92. The molecule has 124 valence electrons. The van der Waals surface area contributed by atoms with E-state index in [1.165, 1.54) is 23.8 Å². The van der Waals surface area contributed by atoms with Gasteiger partial charge in [-0.15, -0.1) is 0 Å². The summed E-state index contributed by atoms with van der Waals surface area (Å²) in [5.74, 6) is 0.252. The van der Waals surface area contributed by atoms with Gasteiger partial charge in [-0.25, -0.2) is 22.8 Å². The fraction of sp³-hybridized carbons (Fsp3) is 0.467. The number of thiophene rings is 1. The molecular formula is C15H18FN3O2S2. The largest absolute Gasteiger partial charge is 0.340 e. The summed E-state index contributed by atoms with van der Waals surface area (Å²) in [4.78, 5) is 10.4. The number of sulfone groups is 1. The van der Waals surface area contributed by atoms with Crippen LogP contribution < -0.4 is 4.90 Å². The van der Waals surface area contributed by atoms with Crippen LogP contribution in [0.1, 0.15) is 12.8 Å². The maximum Gasteiger partial charge on any atom is 0.226 e. The Balaban J connectivity index is 1.83. The van der Waals surface area contributed by atoms with Gasteiger partial charge in [0, 0.05) is 30.3 Å². The number of anilines is 1. The molecule has 1 saturated heterocycles. The molecule has 0 aliphatic carbocycles. The maximum atomic E-state index is 14.0. The number of aromatic nitrogens is 2. The highest BCUT2D eigenvalue weighted by atomic mass is 32.2. The highest BCUT2D eigenvalue weighted by molar-refractivity contribution is 7.90. The van der Waals surface area contributed by atoms with Gasteiger partial charge in [0.1, 0.15) is 15.5 Å². The molecule has 1 aliphatic heterocycles. The molecule has 1 fully saturated rings. The molecule has 0 saturated carbocycles. The van der Waals surface area contributed by atoms with Gasteiger partial charge in [0.05, 0.1) is 11.9 Å². The minimum absolute atomic E-state index is 0.0667. The second kappa shape index (κ2) is 6.52. The Morgan fingerprint density at radius 1 is 1.48 bits per heavy atom. The van der Waals surface area contributed by atoms with Crippen molar-refractivity contribution < 1.29 is 12.8 Å². The molecule has 5 nitrogen and oxygen atoms in total. The van der Waals surface area contributed by atoms with Gasteiger partial charge in [0.25, 0.3) is 0 Å². The highest BCUT2D eigenvalue weighted by Crippen LogP contribution is 2.26. The summed E-state index contributed by atoms with van der Waals surface area (Å²) < 4.78 is 37.0. The van der Waals surface area contributed by atoms with Crippen LogP contribution in [0.25, 0.3) is 11.3 Å². The quantitative estimate of drug-likeness (QED) is 0.844. The van der Waals surface area contributed by atoms with Crippen molar-refractivity contribution in [2.24, 2.45) is 5.92 Å². The van der Waals surface area contributed by atoms with E-state index in [-0.39, 0.29) is 11.7 Å². The van der Waals surface area contributed by atoms with E-state index < -0.39 is 15.7 Å². The Bertz CT molecular complexity index is 778. The predicted octanol–water partition coefficient (Wildman–Crippen LogP) is 2.61. The fourth-order valence-corrected chi connectivity index (χ4v) is 4.69. The number of rotatable bonds is 4.